The summed E-state index contributed by atoms with van der Waals surface area (Å²) in [6.45, 7) is 0. The molecule has 0 bridgehead atoms. The molecular formula is C22H21ClN2OS. The molecule has 1 amide bonds. The van der Waals surface area contributed by atoms with Crippen molar-refractivity contribution in [3.05, 3.63) is 86.3 Å². The summed E-state index contributed by atoms with van der Waals surface area (Å²) in [5.74, 6) is 0.0382. The monoisotopic (exact) mass is 396 g/mol. The van der Waals surface area contributed by atoms with E-state index >= 15 is 0 Å². The summed E-state index contributed by atoms with van der Waals surface area (Å²) in [4.78, 5) is 17.2. The van der Waals surface area contributed by atoms with Crippen molar-refractivity contribution in [1.82, 2.24) is 10.3 Å². The molecule has 0 spiro atoms. The Kier molecular flexibility index (Phi) is 5.55. The van der Waals surface area contributed by atoms with Crippen LogP contribution in [0, 0.1) is 0 Å². The van der Waals surface area contributed by atoms with E-state index in [0.717, 1.165) is 47.0 Å². The fourth-order valence-electron chi connectivity index (χ4n) is 3.65. The summed E-state index contributed by atoms with van der Waals surface area (Å²) >= 11 is 7.64. The number of halogens is 1. The summed E-state index contributed by atoms with van der Waals surface area (Å²) in [5, 5.41) is 6.91. The van der Waals surface area contributed by atoms with Crippen LogP contribution in [0.2, 0.25) is 5.02 Å². The van der Waals surface area contributed by atoms with Gasteiger partial charge in [0, 0.05) is 16.8 Å². The number of rotatable bonds is 5. The maximum absolute atomic E-state index is 12.5. The van der Waals surface area contributed by atoms with Crippen molar-refractivity contribution in [3.8, 4) is 0 Å². The molecule has 0 saturated heterocycles. The zero-order valence-corrected chi connectivity index (χ0v) is 16.5. The lowest BCUT2D eigenvalue weighted by molar-refractivity contribution is -0.121. The molecule has 138 valence electrons. The van der Waals surface area contributed by atoms with Crippen LogP contribution in [-0.4, -0.2) is 10.9 Å². The first-order valence-electron chi connectivity index (χ1n) is 9.22. The first-order valence-corrected chi connectivity index (χ1v) is 10.5. The Balaban J connectivity index is 1.37. The maximum Gasteiger partial charge on any atom is 0.226 e. The van der Waals surface area contributed by atoms with Crippen LogP contribution in [0.25, 0.3) is 0 Å². The molecular weight excluding hydrogens is 376 g/mol. The van der Waals surface area contributed by atoms with Crippen molar-refractivity contribution in [1.29, 1.82) is 0 Å². The number of fused-ring (bicyclic) bond motifs is 1. The Labute approximate surface area is 168 Å². The molecule has 3 nitrogen and oxygen atoms in total. The van der Waals surface area contributed by atoms with Crippen LogP contribution in [0.1, 0.15) is 46.3 Å². The van der Waals surface area contributed by atoms with E-state index in [-0.39, 0.29) is 11.9 Å². The summed E-state index contributed by atoms with van der Waals surface area (Å²) < 4.78 is 0. The Hall–Kier alpha value is -2.17. The van der Waals surface area contributed by atoms with Crippen LogP contribution >= 0.6 is 22.9 Å². The highest BCUT2D eigenvalue weighted by Crippen LogP contribution is 2.29. The lowest BCUT2D eigenvalue weighted by Crippen LogP contribution is -2.32. The third kappa shape index (κ3) is 4.57. The fraction of sp³-hybridized carbons (Fsp3) is 0.273. The van der Waals surface area contributed by atoms with Gasteiger partial charge in [-0.1, -0.05) is 48.0 Å². The largest absolute Gasteiger partial charge is 0.349 e. The summed E-state index contributed by atoms with van der Waals surface area (Å²) in [5.41, 5.74) is 4.58. The fourth-order valence-corrected chi connectivity index (χ4v) is 4.69. The van der Waals surface area contributed by atoms with Crippen LogP contribution in [-0.2, 0) is 24.1 Å². The molecule has 3 aromatic rings. The van der Waals surface area contributed by atoms with E-state index < -0.39 is 0 Å². The van der Waals surface area contributed by atoms with Crippen molar-refractivity contribution >= 4 is 28.8 Å². The number of nitrogens with one attached hydrogen (secondary N) is 1. The van der Waals surface area contributed by atoms with Gasteiger partial charge in [-0.2, -0.15) is 0 Å². The molecule has 4 rings (SSSR count). The summed E-state index contributed by atoms with van der Waals surface area (Å²) in [6.07, 6.45) is 4.28. The van der Waals surface area contributed by atoms with E-state index in [2.05, 4.69) is 28.5 Å². The molecule has 2 aromatic carbocycles. The molecule has 1 aliphatic rings. The number of thiazole rings is 1. The van der Waals surface area contributed by atoms with E-state index in [1.807, 2.05) is 35.7 Å². The second-order valence-corrected chi connectivity index (χ2v) is 8.31. The van der Waals surface area contributed by atoms with Gasteiger partial charge in [-0.3, -0.25) is 4.79 Å². The average Bonchev–Trinajstić information content (AvgIpc) is 3.08. The highest BCUT2D eigenvalue weighted by Gasteiger charge is 2.21. The van der Waals surface area contributed by atoms with Gasteiger partial charge in [-0.05, 0) is 48.1 Å². The van der Waals surface area contributed by atoms with Gasteiger partial charge in [0.05, 0.1) is 23.2 Å². The van der Waals surface area contributed by atoms with Gasteiger partial charge in [-0.15, -0.1) is 11.3 Å². The van der Waals surface area contributed by atoms with E-state index in [1.165, 1.54) is 11.1 Å². The number of nitrogens with zero attached hydrogens (tertiary/aromatic N) is 1. The SMILES string of the molecule is O=C(Cc1csc(Cc2cccc(Cl)c2)n1)NC1CCCc2ccccc21. The molecule has 5 heteroatoms. The molecule has 27 heavy (non-hydrogen) atoms. The molecule has 1 aromatic heterocycles. The van der Waals surface area contributed by atoms with Gasteiger partial charge in [0.2, 0.25) is 5.91 Å². The standard InChI is InChI=1S/C22H21ClN2OS/c23-17-8-3-5-15(11-17)12-22-24-18(14-27-22)13-21(26)25-20-10-4-7-16-6-1-2-9-19(16)20/h1-3,5-6,8-9,11,14,20H,4,7,10,12-13H2,(H,25,26). The van der Waals surface area contributed by atoms with Crippen molar-refractivity contribution in [2.45, 2.75) is 38.1 Å². The van der Waals surface area contributed by atoms with Gasteiger partial charge in [0.25, 0.3) is 0 Å². The van der Waals surface area contributed by atoms with Crippen LogP contribution in [0.15, 0.2) is 53.9 Å². The van der Waals surface area contributed by atoms with Crippen molar-refractivity contribution in [2.75, 3.05) is 0 Å². The highest BCUT2D eigenvalue weighted by molar-refractivity contribution is 7.09. The number of hydrogen-bond acceptors (Lipinski definition) is 3. The number of amides is 1. The number of benzene rings is 2. The van der Waals surface area contributed by atoms with Crippen LogP contribution < -0.4 is 5.32 Å². The zero-order chi connectivity index (χ0) is 18.6. The Morgan fingerprint density at radius 3 is 3.00 bits per heavy atom. The third-order valence-corrected chi connectivity index (χ3v) is 6.02. The minimum Gasteiger partial charge on any atom is -0.349 e. The third-order valence-electron chi connectivity index (χ3n) is 4.89. The molecule has 0 aliphatic heterocycles. The maximum atomic E-state index is 12.5. The first-order chi connectivity index (χ1) is 13.2. The lowest BCUT2D eigenvalue weighted by Gasteiger charge is -2.26. The van der Waals surface area contributed by atoms with Crippen molar-refractivity contribution < 1.29 is 4.79 Å². The van der Waals surface area contributed by atoms with Gasteiger partial charge in [-0.25, -0.2) is 4.98 Å². The minimum absolute atomic E-state index is 0.0382. The Morgan fingerprint density at radius 2 is 2.11 bits per heavy atom. The highest BCUT2D eigenvalue weighted by atomic mass is 35.5. The lowest BCUT2D eigenvalue weighted by atomic mass is 9.87. The predicted molar refractivity (Wildman–Crippen MR) is 110 cm³/mol. The molecule has 0 radical (unpaired) electrons. The topological polar surface area (TPSA) is 42.0 Å². The van der Waals surface area contributed by atoms with E-state index in [0.29, 0.717) is 6.42 Å². The van der Waals surface area contributed by atoms with E-state index in [4.69, 9.17) is 11.6 Å². The summed E-state index contributed by atoms with van der Waals surface area (Å²) in [7, 11) is 0. The predicted octanol–water partition coefficient (Wildman–Crippen LogP) is 5.12. The normalized spacial score (nSPS) is 16.0. The molecule has 1 unspecified atom stereocenters. The smallest absolute Gasteiger partial charge is 0.226 e. The first kappa shape index (κ1) is 18.2. The van der Waals surface area contributed by atoms with Crippen molar-refractivity contribution in [2.24, 2.45) is 0 Å². The van der Waals surface area contributed by atoms with E-state index in [9.17, 15) is 4.79 Å². The van der Waals surface area contributed by atoms with Crippen LogP contribution in [0.4, 0.5) is 0 Å². The summed E-state index contributed by atoms with van der Waals surface area (Å²) in [6, 6.07) is 16.3. The minimum atomic E-state index is 0.0382. The molecule has 0 fully saturated rings. The van der Waals surface area contributed by atoms with Gasteiger partial charge in [0.1, 0.15) is 0 Å². The van der Waals surface area contributed by atoms with Crippen LogP contribution in [0.5, 0.6) is 0 Å². The second kappa shape index (κ2) is 8.24. The Bertz CT molecular complexity index is 953. The second-order valence-electron chi connectivity index (χ2n) is 6.93. The number of aryl methyl sites for hydroxylation is 1. The van der Waals surface area contributed by atoms with E-state index in [1.54, 1.807) is 11.3 Å². The van der Waals surface area contributed by atoms with Gasteiger partial charge in [0.15, 0.2) is 0 Å². The molecule has 1 atom stereocenters. The zero-order valence-electron chi connectivity index (χ0n) is 15.0. The van der Waals surface area contributed by atoms with Crippen molar-refractivity contribution in [3.63, 3.8) is 0 Å². The molecule has 0 saturated carbocycles. The Morgan fingerprint density at radius 1 is 1.22 bits per heavy atom. The number of carbonyl (C=O) groups excluding carboxylic acids is 1. The van der Waals surface area contributed by atoms with Crippen LogP contribution in [0.3, 0.4) is 0 Å². The quantitative estimate of drug-likeness (QED) is 0.650. The average molecular weight is 397 g/mol. The van der Waals surface area contributed by atoms with Gasteiger partial charge >= 0.3 is 0 Å². The molecule has 1 aliphatic carbocycles. The molecule has 1 heterocycles. The number of hydrogen-bond donors (Lipinski definition) is 1. The van der Waals surface area contributed by atoms with Gasteiger partial charge < -0.3 is 5.32 Å². The molecule has 1 N–H and O–H groups in total. The number of aromatic nitrogens is 1. The number of carbonyl (C=O) groups is 1.